The Bertz CT molecular complexity index is 630. The third-order valence-corrected chi connectivity index (χ3v) is 4.75. The Kier molecular flexibility index (Phi) is 6.20. The van der Waals surface area contributed by atoms with Crippen LogP contribution in [0.3, 0.4) is 0 Å². The van der Waals surface area contributed by atoms with E-state index in [1.165, 1.54) is 0 Å². The van der Waals surface area contributed by atoms with E-state index in [9.17, 15) is 4.79 Å². The molecule has 7 heteroatoms. The second kappa shape index (κ2) is 7.91. The van der Waals surface area contributed by atoms with Crippen LogP contribution in [0.2, 0.25) is 0 Å². The lowest BCUT2D eigenvalue weighted by Crippen LogP contribution is -2.24. The van der Waals surface area contributed by atoms with Crippen molar-refractivity contribution in [1.82, 2.24) is 10.3 Å². The van der Waals surface area contributed by atoms with Gasteiger partial charge < -0.3 is 10.6 Å². The van der Waals surface area contributed by atoms with Crippen LogP contribution in [0.5, 0.6) is 0 Å². The third kappa shape index (κ3) is 4.79. The molecule has 0 unspecified atom stereocenters. The molecular weight excluding hydrogens is 418 g/mol. The van der Waals surface area contributed by atoms with Crippen molar-refractivity contribution in [3.05, 3.63) is 43.1 Å². The lowest BCUT2D eigenvalue weighted by Gasteiger charge is -2.11. The summed E-state index contributed by atoms with van der Waals surface area (Å²) in [6.07, 6.45) is 2.66. The van der Waals surface area contributed by atoms with Crippen LogP contribution in [0.25, 0.3) is 0 Å². The molecule has 0 aliphatic carbocycles. The van der Waals surface area contributed by atoms with Crippen LogP contribution < -0.4 is 10.6 Å². The van der Waals surface area contributed by atoms with Gasteiger partial charge in [-0.15, -0.1) is 11.3 Å². The maximum absolute atomic E-state index is 12.3. The molecule has 0 fully saturated rings. The zero-order valence-corrected chi connectivity index (χ0v) is 15.4. The molecule has 4 nitrogen and oxygen atoms in total. The average molecular weight is 433 g/mol. The number of nitrogens with zero attached hydrogens (tertiary/aromatic N) is 1. The van der Waals surface area contributed by atoms with Gasteiger partial charge in [0.1, 0.15) is 5.82 Å². The summed E-state index contributed by atoms with van der Waals surface area (Å²) >= 11 is 8.38. The highest BCUT2D eigenvalue weighted by molar-refractivity contribution is 9.11. The van der Waals surface area contributed by atoms with E-state index < -0.39 is 0 Å². The summed E-state index contributed by atoms with van der Waals surface area (Å²) in [5.41, 5.74) is 0.549. The number of aromatic nitrogens is 1. The lowest BCUT2D eigenvalue weighted by molar-refractivity contribution is 0.0951. The van der Waals surface area contributed by atoms with Gasteiger partial charge in [-0.3, -0.25) is 4.79 Å². The molecule has 1 amide bonds. The number of hydrogen-bond acceptors (Lipinski definition) is 4. The van der Waals surface area contributed by atoms with E-state index in [4.69, 9.17) is 0 Å². The summed E-state index contributed by atoms with van der Waals surface area (Å²) in [4.78, 5) is 17.7. The van der Waals surface area contributed by atoms with Crippen molar-refractivity contribution < 1.29 is 4.79 Å². The summed E-state index contributed by atoms with van der Waals surface area (Å²) in [7, 11) is 0. The molecule has 0 aliphatic heterocycles. The molecule has 0 radical (unpaired) electrons. The van der Waals surface area contributed by atoms with Gasteiger partial charge in [0, 0.05) is 22.1 Å². The van der Waals surface area contributed by atoms with Gasteiger partial charge in [-0.25, -0.2) is 4.98 Å². The lowest BCUT2D eigenvalue weighted by atomic mass is 10.2. The van der Waals surface area contributed by atoms with E-state index in [0.717, 1.165) is 26.1 Å². The Hall–Kier alpha value is -0.920. The van der Waals surface area contributed by atoms with Crippen molar-refractivity contribution in [2.75, 3.05) is 11.9 Å². The highest BCUT2D eigenvalue weighted by atomic mass is 79.9. The second-order valence-electron chi connectivity index (χ2n) is 4.36. The summed E-state index contributed by atoms with van der Waals surface area (Å²) in [5, 5.41) is 6.10. The van der Waals surface area contributed by atoms with E-state index in [2.05, 4.69) is 54.4 Å². The minimum absolute atomic E-state index is 0.132. The number of pyridine rings is 1. The summed E-state index contributed by atoms with van der Waals surface area (Å²) in [6, 6.07) is 5.75. The van der Waals surface area contributed by atoms with Crippen LogP contribution in [0.4, 0.5) is 5.82 Å². The maximum atomic E-state index is 12.3. The van der Waals surface area contributed by atoms with Gasteiger partial charge in [0.15, 0.2) is 0 Å². The number of halogens is 2. The fourth-order valence-corrected chi connectivity index (χ4v) is 3.46. The molecule has 0 atom stereocenters. The summed E-state index contributed by atoms with van der Waals surface area (Å²) in [6.45, 7) is 3.36. The third-order valence-electron chi connectivity index (χ3n) is 2.69. The summed E-state index contributed by atoms with van der Waals surface area (Å²) < 4.78 is 1.84. The Balaban J connectivity index is 2.08. The van der Waals surface area contributed by atoms with Gasteiger partial charge in [0.25, 0.3) is 5.91 Å². The number of carbonyl (C=O) groups is 1. The van der Waals surface area contributed by atoms with Gasteiger partial charge in [-0.1, -0.05) is 6.92 Å². The number of hydrogen-bond donors (Lipinski definition) is 2. The normalized spacial score (nSPS) is 10.4. The van der Waals surface area contributed by atoms with Crippen LogP contribution >= 0.6 is 43.2 Å². The van der Waals surface area contributed by atoms with E-state index in [-0.39, 0.29) is 5.91 Å². The van der Waals surface area contributed by atoms with Gasteiger partial charge in [-0.2, -0.15) is 0 Å². The maximum Gasteiger partial charge on any atom is 0.255 e. The van der Waals surface area contributed by atoms with E-state index in [0.29, 0.717) is 17.9 Å². The Morgan fingerprint density at radius 3 is 2.86 bits per heavy atom. The van der Waals surface area contributed by atoms with E-state index in [1.54, 1.807) is 23.6 Å². The number of thiophene rings is 1. The summed E-state index contributed by atoms with van der Waals surface area (Å²) in [5.74, 6) is 0.483. The molecule has 112 valence electrons. The molecular formula is C14H15Br2N3OS. The number of nitrogens with one attached hydrogen (secondary N) is 2. The minimum Gasteiger partial charge on any atom is -0.369 e. The zero-order chi connectivity index (χ0) is 15.2. The molecule has 0 saturated heterocycles. The molecule has 2 aromatic rings. The Morgan fingerprint density at radius 1 is 1.38 bits per heavy atom. The molecule has 0 saturated carbocycles. The second-order valence-corrected chi connectivity index (χ2v) is 7.83. The number of rotatable bonds is 6. The van der Waals surface area contributed by atoms with Gasteiger partial charge in [0.2, 0.25) is 0 Å². The molecule has 0 aliphatic rings. The van der Waals surface area contributed by atoms with Gasteiger partial charge >= 0.3 is 0 Å². The molecule has 0 spiro atoms. The highest BCUT2D eigenvalue weighted by Crippen LogP contribution is 2.22. The first-order chi connectivity index (χ1) is 10.1. The molecule has 2 rings (SSSR count). The molecule has 2 heterocycles. The predicted octanol–water partition coefficient (Wildman–Crippen LogP) is 4.42. The van der Waals surface area contributed by atoms with E-state index in [1.807, 2.05) is 12.1 Å². The van der Waals surface area contributed by atoms with Gasteiger partial charge in [0.05, 0.1) is 15.9 Å². The number of carbonyl (C=O) groups excluding carboxylic acids is 1. The van der Waals surface area contributed by atoms with Crippen LogP contribution in [0.1, 0.15) is 28.6 Å². The quantitative estimate of drug-likeness (QED) is 0.710. The smallest absolute Gasteiger partial charge is 0.255 e. The predicted molar refractivity (Wildman–Crippen MR) is 93.9 cm³/mol. The van der Waals surface area contributed by atoms with Crippen LogP contribution in [0.15, 0.2) is 32.7 Å². The monoisotopic (exact) mass is 431 g/mol. The largest absolute Gasteiger partial charge is 0.369 e. The number of amides is 1. The van der Waals surface area contributed by atoms with Gasteiger partial charge in [-0.05, 0) is 56.5 Å². The fraction of sp³-hybridized carbons (Fsp3) is 0.286. The van der Waals surface area contributed by atoms with Crippen LogP contribution in [0, 0.1) is 0 Å². The minimum atomic E-state index is -0.132. The molecule has 2 N–H and O–H groups in total. The highest BCUT2D eigenvalue weighted by Gasteiger charge is 2.13. The van der Waals surface area contributed by atoms with E-state index >= 15 is 0 Å². The first-order valence-electron chi connectivity index (χ1n) is 6.52. The first-order valence-corrected chi connectivity index (χ1v) is 8.92. The molecule has 2 aromatic heterocycles. The van der Waals surface area contributed by atoms with Crippen molar-refractivity contribution in [3.8, 4) is 0 Å². The first kappa shape index (κ1) is 16.5. The topological polar surface area (TPSA) is 54.0 Å². The standard InChI is InChI=1S/C14H15Br2N3OS/c1-2-5-17-13-11(6-9(15)7-18-13)14(20)19-8-10-3-4-12(16)21-10/h3-4,6-7H,2,5,8H2,1H3,(H,17,18)(H,19,20). The SMILES string of the molecule is CCCNc1ncc(Br)cc1C(=O)NCc1ccc(Br)s1. The van der Waals surface area contributed by atoms with Crippen molar-refractivity contribution in [2.45, 2.75) is 19.9 Å². The fourth-order valence-electron chi connectivity index (χ4n) is 1.71. The average Bonchev–Trinajstić information content (AvgIpc) is 2.89. The van der Waals surface area contributed by atoms with Crippen LogP contribution in [-0.2, 0) is 6.54 Å². The number of anilines is 1. The molecule has 0 aromatic carbocycles. The van der Waals surface area contributed by atoms with Crippen LogP contribution in [-0.4, -0.2) is 17.4 Å². The van der Waals surface area contributed by atoms with Crippen molar-refractivity contribution >= 4 is 54.9 Å². The molecule has 21 heavy (non-hydrogen) atoms. The van der Waals surface area contributed by atoms with Crippen molar-refractivity contribution in [3.63, 3.8) is 0 Å². The zero-order valence-electron chi connectivity index (χ0n) is 11.5. The van der Waals surface area contributed by atoms with Crippen molar-refractivity contribution in [1.29, 1.82) is 0 Å². The molecule has 0 bridgehead atoms. The Labute approximate surface area is 144 Å². The van der Waals surface area contributed by atoms with Crippen molar-refractivity contribution in [2.24, 2.45) is 0 Å². The Morgan fingerprint density at radius 2 is 2.19 bits per heavy atom.